The number of rotatable bonds is 18. The molecule has 0 saturated heterocycles. The van der Waals surface area contributed by atoms with Gasteiger partial charge in [-0.1, -0.05) is 0 Å². The van der Waals surface area contributed by atoms with Crippen molar-refractivity contribution in [2.75, 3.05) is 19.8 Å². The predicted octanol–water partition coefficient (Wildman–Crippen LogP) is -1.88. The van der Waals surface area contributed by atoms with Crippen LogP contribution in [-0.2, 0) is 43.0 Å². The molecule has 194 valence electrons. The molecule has 0 aromatic heterocycles. The molecular weight excluding hydrogens is 470 g/mol. The Morgan fingerprint density at radius 2 is 0.706 bits per heavy atom. The van der Waals surface area contributed by atoms with E-state index in [9.17, 15) is 59.4 Å². The molecule has 16 heteroatoms. The van der Waals surface area contributed by atoms with Gasteiger partial charge in [0.05, 0.1) is 0 Å². The average Bonchev–Trinajstić information content (AvgIpc) is 2.70. The van der Waals surface area contributed by atoms with Gasteiger partial charge in [0.25, 0.3) is 0 Å². The van der Waals surface area contributed by atoms with Crippen LogP contribution in [0.4, 0.5) is 0 Å². The highest BCUT2D eigenvalue weighted by Gasteiger charge is 2.56. The maximum Gasteiger partial charge on any atom is 0.335 e. The van der Waals surface area contributed by atoms with E-state index >= 15 is 0 Å². The second-order valence-electron chi connectivity index (χ2n) is 6.44. The topological polar surface area (TPSA) is 255 Å². The summed E-state index contributed by atoms with van der Waals surface area (Å²) in [5, 5.41) is 57.9. The van der Waals surface area contributed by atoms with E-state index in [-0.39, 0.29) is 4.90 Å². The molecular formula is C18H27NO15. The van der Waals surface area contributed by atoms with Crippen molar-refractivity contribution in [2.24, 2.45) is 0 Å². The van der Waals surface area contributed by atoms with E-state index in [0.717, 1.165) is 0 Å². The van der Waals surface area contributed by atoms with Gasteiger partial charge in [0, 0.05) is 19.8 Å². The van der Waals surface area contributed by atoms with Crippen LogP contribution in [0.2, 0.25) is 0 Å². The van der Waals surface area contributed by atoms with Gasteiger partial charge in [-0.15, -0.1) is 0 Å². The third-order valence-electron chi connectivity index (χ3n) is 4.35. The summed E-state index contributed by atoms with van der Waals surface area (Å²) < 4.78 is 14.7. The standard InChI is InChI=1S/C18H27NO15/c1-4-32-10(16(26)27)7(13(20)21)19(8(14(22)23)11(17(28)29)33-5-2)9(15(24)25)12(18(30)31)34-6-3/h7-12H,4-6H2,1-3H3,(H,20,21)(H,22,23)(H,24,25)(H,26,27)(H,28,29)(H,30,31). The van der Waals surface area contributed by atoms with E-state index in [1.165, 1.54) is 20.8 Å². The van der Waals surface area contributed by atoms with Crippen LogP contribution in [0.1, 0.15) is 20.8 Å². The quantitative estimate of drug-likeness (QED) is 0.121. The van der Waals surface area contributed by atoms with Crippen molar-refractivity contribution in [3.05, 3.63) is 0 Å². The lowest BCUT2D eigenvalue weighted by molar-refractivity contribution is -0.194. The zero-order valence-corrected chi connectivity index (χ0v) is 18.4. The highest BCUT2D eigenvalue weighted by atomic mass is 16.5. The van der Waals surface area contributed by atoms with Gasteiger partial charge in [0.1, 0.15) is 18.1 Å². The van der Waals surface area contributed by atoms with Crippen LogP contribution in [-0.4, -0.2) is 128 Å². The van der Waals surface area contributed by atoms with Crippen LogP contribution in [0.25, 0.3) is 0 Å². The largest absolute Gasteiger partial charge is 0.480 e. The molecule has 0 aliphatic carbocycles. The molecule has 0 rings (SSSR count). The van der Waals surface area contributed by atoms with E-state index in [2.05, 4.69) is 0 Å². The highest BCUT2D eigenvalue weighted by molar-refractivity contribution is 5.91. The van der Waals surface area contributed by atoms with Crippen LogP contribution in [0.15, 0.2) is 0 Å². The zero-order valence-electron chi connectivity index (χ0n) is 18.4. The Morgan fingerprint density at radius 1 is 0.500 bits per heavy atom. The molecule has 6 atom stereocenters. The molecule has 0 amide bonds. The maximum atomic E-state index is 12.2. The minimum atomic E-state index is -2.70. The number of carbonyl (C=O) groups is 6. The van der Waals surface area contributed by atoms with Crippen LogP contribution in [0.5, 0.6) is 0 Å². The first kappa shape index (κ1) is 30.7. The molecule has 0 saturated carbocycles. The Balaban J connectivity index is 7.47. The van der Waals surface area contributed by atoms with Crippen LogP contribution >= 0.6 is 0 Å². The number of aliphatic carboxylic acids is 6. The molecule has 0 aromatic carbocycles. The molecule has 0 aliphatic heterocycles. The van der Waals surface area contributed by atoms with E-state index < -0.39 is 92.1 Å². The molecule has 0 bridgehead atoms. The molecule has 6 unspecified atom stereocenters. The molecule has 0 spiro atoms. The highest BCUT2D eigenvalue weighted by Crippen LogP contribution is 2.25. The van der Waals surface area contributed by atoms with Gasteiger partial charge in [-0.25, -0.2) is 14.4 Å². The Labute approximate surface area is 192 Å². The van der Waals surface area contributed by atoms with Crippen LogP contribution in [0.3, 0.4) is 0 Å². The number of hydrogen-bond acceptors (Lipinski definition) is 10. The Bertz CT molecular complexity index is 669. The summed E-state index contributed by atoms with van der Waals surface area (Å²) in [6.07, 6.45) is -7.34. The lowest BCUT2D eigenvalue weighted by Crippen LogP contribution is -2.70. The first-order chi connectivity index (χ1) is 15.8. The lowest BCUT2D eigenvalue weighted by atomic mass is 9.96. The molecule has 16 nitrogen and oxygen atoms in total. The fourth-order valence-corrected chi connectivity index (χ4v) is 3.19. The average molecular weight is 497 g/mol. The summed E-state index contributed by atoms with van der Waals surface area (Å²) in [6, 6.07) is -8.11. The maximum absolute atomic E-state index is 12.2. The molecule has 0 aliphatic rings. The van der Waals surface area contributed by atoms with Gasteiger partial charge in [-0.2, -0.15) is 0 Å². The molecule has 34 heavy (non-hydrogen) atoms. The predicted molar refractivity (Wildman–Crippen MR) is 105 cm³/mol. The van der Waals surface area contributed by atoms with Crippen molar-refractivity contribution in [3.63, 3.8) is 0 Å². The van der Waals surface area contributed by atoms with Gasteiger partial charge in [0.2, 0.25) is 0 Å². The van der Waals surface area contributed by atoms with Crippen molar-refractivity contribution in [1.29, 1.82) is 0 Å². The smallest absolute Gasteiger partial charge is 0.335 e. The molecule has 0 heterocycles. The summed E-state index contributed by atoms with van der Waals surface area (Å²) in [4.78, 5) is 71.7. The molecule has 0 radical (unpaired) electrons. The monoisotopic (exact) mass is 497 g/mol. The summed E-state index contributed by atoms with van der Waals surface area (Å²) in [7, 11) is 0. The van der Waals surface area contributed by atoms with Crippen LogP contribution in [0, 0.1) is 0 Å². The van der Waals surface area contributed by atoms with Crippen LogP contribution < -0.4 is 0 Å². The summed E-state index contributed by atoms with van der Waals surface area (Å²) in [5.74, 6) is -12.3. The SMILES string of the molecule is CCOC(C(=O)O)C(C(=O)O)N(C(C(=O)O)C(OCC)C(=O)O)C(C(=O)O)C(OCC)C(=O)O. The first-order valence-corrected chi connectivity index (χ1v) is 9.77. The number of hydrogen-bond donors (Lipinski definition) is 6. The molecule has 0 aromatic rings. The number of nitrogens with zero attached hydrogens (tertiary/aromatic N) is 1. The van der Waals surface area contributed by atoms with Crippen molar-refractivity contribution in [2.45, 2.75) is 57.2 Å². The third-order valence-corrected chi connectivity index (χ3v) is 4.35. The molecule has 0 fully saturated rings. The fraction of sp³-hybridized carbons (Fsp3) is 0.667. The van der Waals surface area contributed by atoms with Crippen molar-refractivity contribution >= 4 is 35.8 Å². The normalized spacial score (nSPS) is 16.6. The Morgan fingerprint density at radius 3 is 0.824 bits per heavy atom. The van der Waals surface area contributed by atoms with E-state index in [0.29, 0.717) is 0 Å². The minimum absolute atomic E-state index is 0.0929. The third kappa shape index (κ3) is 7.62. The van der Waals surface area contributed by atoms with Crippen molar-refractivity contribution in [3.8, 4) is 0 Å². The second-order valence-corrected chi connectivity index (χ2v) is 6.44. The fourth-order valence-electron chi connectivity index (χ4n) is 3.19. The van der Waals surface area contributed by atoms with Crippen molar-refractivity contribution < 1.29 is 73.6 Å². The Kier molecular flexibility index (Phi) is 12.7. The second kappa shape index (κ2) is 14.0. The minimum Gasteiger partial charge on any atom is -0.480 e. The number of carboxylic acids is 6. The van der Waals surface area contributed by atoms with Gasteiger partial charge in [-0.3, -0.25) is 19.3 Å². The summed E-state index contributed by atoms with van der Waals surface area (Å²) >= 11 is 0. The zero-order chi connectivity index (χ0) is 26.7. The summed E-state index contributed by atoms with van der Waals surface area (Å²) in [5.41, 5.74) is 0. The number of carboxylic acid groups (broad SMARTS) is 6. The van der Waals surface area contributed by atoms with Gasteiger partial charge < -0.3 is 44.8 Å². The van der Waals surface area contributed by atoms with Gasteiger partial charge in [-0.05, 0) is 20.8 Å². The van der Waals surface area contributed by atoms with E-state index in [1.54, 1.807) is 0 Å². The lowest BCUT2D eigenvalue weighted by Gasteiger charge is -2.42. The van der Waals surface area contributed by atoms with Crippen molar-refractivity contribution in [1.82, 2.24) is 4.90 Å². The first-order valence-electron chi connectivity index (χ1n) is 9.77. The van der Waals surface area contributed by atoms with Gasteiger partial charge >= 0.3 is 35.8 Å². The summed E-state index contributed by atoms with van der Waals surface area (Å²) in [6.45, 7) is 2.44. The van der Waals surface area contributed by atoms with E-state index in [1.807, 2.05) is 0 Å². The molecule has 6 N–H and O–H groups in total. The van der Waals surface area contributed by atoms with Gasteiger partial charge in [0.15, 0.2) is 18.3 Å². The van der Waals surface area contributed by atoms with E-state index in [4.69, 9.17) is 14.2 Å². The Hall–Kier alpha value is -3.34. The number of ether oxygens (including phenoxy) is 3.